The molecule has 2 aromatic rings. The van der Waals surface area contributed by atoms with Crippen LogP contribution in [0.1, 0.15) is 37.4 Å². The van der Waals surface area contributed by atoms with E-state index in [0.717, 1.165) is 25.1 Å². The molecule has 4 bridgehead atoms. The van der Waals surface area contributed by atoms with Gasteiger partial charge in [-0.05, 0) is 54.9 Å². The van der Waals surface area contributed by atoms with Gasteiger partial charge in [0.05, 0.1) is 13.7 Å². The molecule has 2 saturated heterocycles. The highest BCUT2D eigenvalue weighted by atomic mass is 16.5. The van der Waals surface area contributed by atoms with Gasteiger partial charge >= 0.3 is 0 Å². The molecule has 5 atom stereocenters. The van der Waals surface area contributed by atoms with E-state index in [1.54, 1.807) is 7.11 Å². The zero-order chi connectivity index (χ0) is 17.2. The lowest BCUT2D eigenvalue weighted by Crippen LogP contribution is -2.65. The predicted octanol–water partition coefficient (Wildman–Crippen LogP) is 3.08. The van der Waals surface area contributed by atoms with Gasteiger partial charge < -0.3 is 14.8 Å². The van der Waals surface area contributed by atoms with Crippen molar-refractivity contribution in [3.8, 4) is 5.75 Å². The van der Waals surface area contributed by atoms with Crippen LogP contribution in [0.15, 0.2) is 18.2 Å². The lowest BCUT2D eigenvalue weighted by Gasteiger charge is -2.59. The maximum atomic E-state index is 10.7. The first-order valence-electron chi connectivity index (χ1n) is 9.74. The summed E-state index contributed by atoms with van der Waals surface area (Å²) in [5, 5.41) is 11.9. The van der Waals surface area contributed by atoms with Crippen molar-refractivity contribution in [2.45, 2.75) is 44.1 Å². The van der Waals surface area contributed by atoms with Gasteiger partial charge in [-0.25, -0.2) is 0 Å². The number of hydrogen-bond acceptors (Lipinski definition) is 3. The number of methoxy groups -OCH3 is 1. The molecule has 4 heterocycles. The lowest BCUT2D eigenvalue weighted by molar-refractivity contribution is -0.0775. The topological polar surface area (TPSA) is 48.5 Å². The van der Waals surface area contributed by atoms with E-state index in [4.69, 9.17) is 4.74 Å². The normalized spacial score (nSPS) is 36.3. The van der Waals surface area contributed by atoms with Crippen LogP contribution in [0.25, 0.3) is 10.9 Å². The molecule has 3 aliphatic heterocycles. The highest BCUT2D eigenvalue weighted by Gasteiger charge is 2.57. The van der Waals surface area contributed by atoms with Crippen molar-refractivity contribution in [2.75, 3.05) is 26.8 Å². The summed E-state index contributed by atoms with van der Waals surface area (Å²) >= 11 is 0. The van der Waals surface area contributed by atoms with Gasteiger partial charge in [-0.2, -0.15) is 0 Å². The summed E-state index contributed by atoms with van der Waals surface area (Å²) in [6.45, 7) is 4.89. The van der Waals surface area contributed by atoms with E-state index in [0.29, 0.717) is 17.9 Å². The molecule has 134 valence electrons. The van der Waals surface area contributed by atoms with Crippen molar-refractivity contribution in [2.24, 2.45) is 11.8 Å². The van der Waals surface area contributed by atoms with Crippen LogP contribution in [0.2, 0.25) is 0 Å². The van der Waals surface area contributed by atoms with Gasteiger partial charge in [-0.15, -0.1) is 0 Å². The Hall–Kier alpha value is -1.52. The number of rotatable bonds is 3. The number of fused-ring (bicyclic) bond motifs is 4. The number of hydrogen-bond donors (Lipinski definition) is 2. The molecule has 2 N–H and O–H groups in total. The maximum absolute atomic E-state index is 10.7. The van der Waals surface area contributed by atoms with E-state index in [9.17, 15) is 5.11 Å². The first kappa shape index (κ1) is 15.7. The first-order chi connectivity index (χ1) is 12.2. The Kier molecular flexibility index (Phi) is 3.45. The van der Waals surface area contributed by atoms with Crippen molar-refractivity contribution in [3.63, 3.8) is 0 Å². The summed E-state index contributed by atoms with van der Waals surface area (Å²) < 4.78 is 5.46. The molecule has 1 aromatic heterocycles. The fourth-order valence-electron chi connectivity index (χ4n) is 6.36. The van der Waals surface area contributed by atoms with Gasteiger partial charge in [0.25, 0.3) is 0 Å². The number of nitrogens with one attached hydrogen (secondary N) is 1. The number of ether oxygens (including phenoxy) is 1. The molecule has 25 heavy (non-hydrogen) atoms. The molecule has 0 spiro atoms. The minimum absolute atomic E-state index is 0.125. The number of aliphatic hydroxyl groups excluding tert-OH is 1. The summed E-state index contributed by atoms with van der Waals surface area (Å²) in [5.74, 6) is 2.33. The average Bonchev–Trinajstić information content (AvgIpc) is 2.99. The van der Waals surface area contributed by atoms with Crippen molar-refractivity contribution < 1.29 is 9.84 Å². The Balaban J connectivity index is 1.74. The van der Waals surface area contributed by atoms with E-state index in [1.807, 2.05) is 6.07 Å². The summed E-state index contributed by atoms with van der Waals surface area (Å²) in [6, 6.07) is 6.79. The molecule has 1 aliphatic carbocycles. The van der Waals surface area contributed by atoms with E-state index in [-0.39, 0.29) is 12.0 Å². The standard InChI is InChI=1S/C21H28N2O2/c1-3-14-8-13-10-21(12-24)19-16(6-7-23(11-13)20(14)21)17-9-15(25-2)4-5-18(17)22-19/h4-5,9,13-14,20,22,24H,3,6-8,10-12H2,1-2H3/t13-,14+,20+,21-/m1/s1. The monoisotopic (exact) mass is 340 g/mol. The van der Waals surface area contributed by atoms with Crippen LogP contribution in [0, 0.1) is 11.8 Å². The van der Waals surface area contributed by atoms with E-state index >= 15 is 0 Å². The molecule has 3 fully saturated rings. The van der Waals surface area contributed by atoms with Gasteiger partial charge in [0.1, 0.15) is 5.75 Å². The number of benzene rings is 1. The molecule has 0 amide bonds. The van der Waals surface area contributed by atoms with E-state index in [1.165, 1.54) is 41.5 Å². The number of aromatic nitrogens is 1. The van der Waals surface area contributed by atoms with Crippen LogP contribution in [-0.4, -0.2) is 47.8 Å². The van der Waals surface area contributed by atoms with Crippen LogP contribution >= 0.6 is 0 Å². The molecule has 1 aromatic carbocycles. The smallest absolute Gasteiger partial charge is 0.119 e. The molecule has 4 nitrogen and oxygen atoms in total. The highest BCUT2D eigenvalue weighted by molar-refractivity contribution is 5.87. The third kappa shape index (κ3) is 2.01. The zero-order valence-corrected chi connectivity index (χ0v) is 15.2. The predicted molar refractivity (Wildman–Crippen MR) is 99.2 cm³/mol. The van der Waals surface area contributed by atoms with Crippen molar-refractivity contribution in [1.29, 1.82) is 0 Å². The van der Waals surface area contributed by atoms with Crippen LogP contribution in [0.3, 0.4) is 0 Å². The highest BCUT2D eigenvalue weighted by Crippen LogP contribution is 2.54. The minimum atomic E-state index is -0.125. The van der Waals surface area contributed by atoms with Crippen molar-refractivity contribution >= 4 is 10.9 Å². The number of nitrogens with zero attached hydrogens (tertiary/aromatic N) is 1. The Morgan fingerprint density at radius 2 is 2.28 bits per heavy atom. The summed E-state index contributed by atoms with van der Waals surface area (Å²) in [7, 11) is 1.73. The summed E-state index contributed by atoms with van der Waals surface area (Å²) in [5.41, 5.74) is 3.78. The maximum Gasteiger partial charge on any atom is 0.119 e. The number of H-pyrrole nitrogens is 1. The van der Waals surface area contributed by atoms with Gasteiger partial charge in [0.2, 0.25) is 0 Å². The molecule has 1 unspecified atom stereocenters. The Morgan fingerprint density at radius 3 is 3.04 bits per heavy atom. The molecule has 6 rings (SSSR count). The quantitative estimate of drug-likeness (QED) is 0.903. The fraction of sp³-hybridized carbons (Fsp3) is 0.619. The number of piperidine rings is 2. The second-order valence-electron chi connectivity index (χ2n) is 8.37. The van der Waals surface area contributed by atoms with Gasteiger partial charge in [-0.1, -0.05) is 13.3 Å². The van der Waals surface area contributed by atoms with Gasteiger partial charge in [0, 0.05) is 41.1 Å². The second kappa shape index (κ2) is 5.49. The van der Waals surface area contributed by atoms with E-state index < -0.39 is 0 Å². The second-order valence-corrected chi connectivity index (χ2v) is 8.37. The Bertz CT molecular complexity index is 814. The molecular weight excluding hydrogens is 312 g/mol. The third-order valence-corrected chi connectivity index (χ3v) is 7.25. The molecule has 1 saturated carbocycles. The van der Waals surface area contributed by atoms with E-state index in [2.05, 4.69) is 28.9 Å². The lowest BCUT2D eigenvalue weighted by atomic mass is 9.57. The van der Waals surface area contributed by atoms with Crippen LogP contribution in [-0.2, 0) is 11.8 Å². The Morgan fingerprint density at radius 1 is 1.40 bits per heavy atom. The van der Waals surface area contributed by atoms with Crippen molar-refractivity contribution in [3.05, 3.63) is 29.5 Å². The Labute approximate surface area is 149 Å². The molecule has 4 heteroatoms. The largest absolute Gasteiger partial charge is 0.497 e. The average molecular weight is 340 g/mol. The molecular formula is C21H28N2O2. The zero-order valence-electron chi connectivity index (χ0n) is 15.2. The van der Waals surface area contributed by atoms with Gasteiger partial charge in [-0.3, -0.25) is 4.90 Å². The third-order valence-electron chi connectivity index (χ3n) is 7.25. The van der Waals surface area contributed by atoms with Gasteiger partial charge in [0.15, 0.2) is 0 Å². The summed E-state index contributed by atoms with van der Waals surface area (Å²) in [4.78, 5) is 6.44. The summed E-state index contributed by atoms with van der Waals surface area (Å²) in [6.07, 6.45) is 4.73. The first-order valence-corrected chi connectivity index (χ1v) is 9.74. The van der Waals surface area contributed by atoms with Crippen LogP contribution in [0.4, 0.5) is 0 Å². The van der Waals surface area contributed by atoms with Crippen LogP contribution < -0.4 is 4.74 Å². The fourth-order valence-corrected chi connectivity index (χ4v) is 6.36. The number of aliphatic hydroxyl groups is 1. The number of aromatic amines is 1. The minimum Gasteiger partial charge on any atom is -0.497 e. The van der Waals surface area contributed by atoms with Crippen LogP contribution in [0.5, 0.6) is 5.75 Å². The molecule has 0 radical (unpaired) electrons. The molecule has 4 aliphatic rings. The van der Waals surface area contributed by atoms with Crippen molar-refractivity contribution in [1.82, 2.24) is 9.88 Å². The SMILES string of the molecule is CC[C@H]1C[C@H]2CN3CCc4c([nH]c5ccc(OC)cc45)[C@](CO)(C2)[C@H]13.